The Bertz CT molecular complexity index is 1030. The number of ether oxygens (including phenoxy) is 1. The third-order valence-electron chi connectivity index (χ3n) is 5.02. The van der Waals surface area contributed by atoms with E-state index in [-0.39, 0.29) is 38.4 Å². The van der Waals surface area contributed by atoms with E-state index >= 15 is 0 Å². The van der Waals surface area contributed by atoms with Gasteiger partial charge in [-0.15, -0.1) is 0 Å². The van der Waals surface area contributed by atoms with Crippen LogP contribution < -0.4 is 5.32 Å². The van der Waals surface area contributed by atoms with E-state index in [1.165, 1.54) is 21.5 Å². The number of hydrogen-bond donors (Lipinski definition) is 1. The molecule has 0 aliphatic carbocycles. The molecule has 1 aromatic heterocycles. The molecular formula is C21H25N3O7S. The fourth-order valence-electron chi connectivity index (χ4n) is 3.27. The number of amides is 2. The van der Waals surface area contributed by atoms with Gasteiger partial charge in [-0.25, -0.2) is 13.2 Å². The first-order chi connectivity index (χ1) is 15.2. The highest BCUT2D eigenvalue weighted by atomic mass is 32.2. The van der Waals surface area contributed by atoms with E-state index < -0.39 is 40.5 Å². The predicted molar refractivity (Wildman–Crippen MR) is 114 cm³/mol. The van der Waals surface area contributed by atoms with Crippen LogP contribution in [0.15, 0.2) is 53.1 Å². The fourth-order valence-corrected chi connectivity index (χ4v) is 4.10. The lowest BCUT2D eigenvalue weighted by atomic mass is 10.1. The van der Waals surface area contributed by atoms with E-state index in [0.29, 0.717) is 0 Å². The second-order valence-electron chi connectivity index (χ2n) is 7.34. The Hall–Kier alpha value is -3.18. The summed E-state index contributed by atoms with van der Waals surface area (Å²) in [5, 5.41) is 2.59. The highest BCUT2D eigenvalue weighted by molar-refractivity contribution is 7.88. The Morgan fingerprint density at radius 3 is 2.34 bits per heavy atom. The smallest absolute Gasteiger partial charge is 0.329 e. The van der Waals surface area contributed by atoms with Crippen molar-refractivity contribution in [3.63, 3.8) is 0 Å². The minimum Gasteiger partial charge on any atom is -0.459 e. The van der Waals surface area contributed by atoms with Crippen LogP contribution in [0.5, 0.6) is 0 Å². The lowest BCUT2D eigenvalue weighted by Gasteiger charge is -2.33. The maximum Gasteiger partial charge on any atom is 0.329 e. The lowest BCUT2D eigenvalue weighted by Crippen LogP contribution is -2.51. The summed E-state index contributed by atoms with van der Waals surface area (Å²) < 4.78 is 34.7. The molecule has 3 rings (SSSR count). The van der Waals surface area contributed by atoms with Gasteiger partial charge in [0.1, 0.15) is 6.04 Å². The molecule has 10 nitrogen and oxygen atoms in total. The molecule has 1 saturated heterocycles. The zero-order valence-corrected chi connectivity index (χ0v) is 18.4. The van der Waals surface area contributed by atoms with Crippen molar-refractivity contribution in [2.45, 2.75) is 12.5 Å². The van der Waals surface area contributed by atoms with Gasteiger partial charge in [0.15, 0.2) is 12.4 Å². The number of esters is 1. The van der Waals surface area contributed by atoms with Crippen LogP contribution in [0.3, 0.4) is 0 Å². The third kappa shape index (κ3) is 6.41. The van der Waals surface area contributed by atoms with E-state index in [9.17, 15) is 22.8 Å². The average molecular weight is 464 g/mol. The summed E-state index contributed by atoms with van der Waals surface area (Å²) in [6.45, 7) is 0.306. The van der Waals surface area contributed by atoms with E-state index in [0.717, 1.165) is 11.8 Å². The number of carbonyl (C=O) groups is 3. The van der Waals surface area contributed by atoms with Gasteiger partial charge >= 0.3 is 5.97 Å². The van der Waals surface area contributed by atoms with Gasteiger partial charge in [-0.05, 0) is 17.7 Å². The molecule has 11 heteroatoms. The van der Waals surface area contributed by atoms with Crippen LogP contribution in [-0.2, 0) is 30.8 Å². The van der Waals surface area contributed by atoms with Crippen LogP contribution in [0.1, 0.15) is 16.1 Å². The molecule has 2 amide bonds. The predicted octanol–water partition coefficient (Wildman–Crippen LogP) is 0.268. The monoisotopic (exact) mass is 463 g/mol. The first kappa shape index (κ1) is 23.5. The largest absolute Gasteiger partial charge is 0.459 e. The van der Waals surface area contributed by atoms with Gasteiger partial charge in [0.25, 0.3) is 11.8 Å². The summed E-state index contributed by atoms with van der Waals surface area (Å²) in [6.07, 6.45) is 2.64. The molecule has 2 heterocycles. The van der Waals surface area contributed by atoms with Gasteiger partial charge in [-0.1, -0.05) is 30.3 Å². The molecule has 0 spiro atoms. The van der Waals surface area contributed by atoms with Gasteiger partial charge in [-0.2, -0.15) is 4.31 Å². The summed E-state index contributed by atoms with van der Waals surface area (Å²) in [4.78, 5) is 38.9. The maximum absolute atomic E-state index is 12.7. The van der Waals surface area contributed by atoms with Crippen molar-refractivity contribution in [3.05, 3.63) is 60.1 Å². The molecule has 1 atom stereocenters. The Morgan fingerprint density at radius 2 is 1.75 bits per heavy atom. The second kappa shape index (κ2) is 10.4. The van der Waals surface area contributed by atoms with Crippen molar-refractivity contribution in [2.24, 2.45) is 0 Å². The molecule has 0 saturated carbocycles. The Morgan fingerprint density at radius 1 is 1.06 bits per heavy atom. The Labute approximate surface area is 186 Å². The Kier molecular flexibility index (Phi) is 7.65. The van der Waals surface area contributed by atoms with Crippen molar-refractivity contribution in [1.29, 1.82) is 0 Å². The van der Waals surface area contributed by atoms with Crippen LogP contribution >= 0.6 is 0 Å². The molecule has 2 aromatic rings. The topological polar surface area (TPSA) is 126 Å². The molecule has 1 aromatic carbocycles. The minimum absolute atomic E-state index is 0.0516. The van der Waals surface area contributed by atoms with Gasteiger partial charge < -0.3 is 19.4 Å². The fraction of sp³-hybridized carbons (Fsp3) is 0.381. The van der Waals surface area contributed by atoms with Crippen molar-refractivity contribution < 1.29 is 32.0 Å². The van der Waals surface area contributed by atoms with Crippen LogP contribution in [-0.4, -0.2) is 80.5 Å². The molecule has 32 heavy (non-hydrogen) atoms. The number of piperazine rings is 1. The zero-order valence-electron chi connectivity index (χ0n) is 17.6. The molecule has 0 unspecified atom stereocenters. The lowest BCUT2D eigenvalue weighted by molar-refractivity contribution is -0.154. The molecule has 1 aliphatic heterocycles. The number of benzene rings is 1. The van der Waals surface area contributed by atoms with Gasteiger partial charge in [0.05, 0.1) is 12.5 Å². The second-order valence-corrected chi connectivity index (χ2v) is 9.33. The van der Waals surface area contributed by atoms with E-state index in [1.807, 2.05) is 30.3 Å². The Balaban J connectivity index is 1.58. The van der Waals surface area contributed by atoms with Gasteiger partial charge in [0, 0.05) is 32.6 Å². The summed E-state index contributed by atoms with van der Waals surface area (Å²) in [7, 11) is -3.31. The van der Waals surface area contributed by atoms with Gasteiger partial charge in [-0.3, -0.25) is 9.59 Å². The molecule has 0 radical (unpaired) electrons. The SMILES string of the molecule is CS(=O)(=O)N1CCN(C(=O)COC(=O)[C@H](Cc2ccccc2)NC(=O)c2ccco2)CC1. The van der Waals surface area contributed by atoms with Crippen molar-refractivity contribution in [3.8, 4) is 0 Å². The van der Waals surface area contributed by atoms with Crippen LogP contribution in [0.2, 0.25) is 0 Å². The number of sulfonamides is 1. The van der Waals surface area contributed by atoms with E-state index in [2.05, 4.69) is 5.32 Å². The van der Waals surface area contributed by atoms with Crippen LogP contribution in [0.4, 0.5) is 0 Å². The number of hydrogen-bond acceptors (Lipinski definition) is 7. The van der Waals surface area contributed by atoms with Crippen molar-refractivity contribution in [2.75, 3.05) is 39.0 Å². The molecular weight excluding hydrogens is 438 g/mol. The molecule has 1 aliphatic rings. The number of nitrogens with one attached hydrogen (secondary N) is 1. The van der Waals surface area contributed by atoms with Crippen molar-refractivity contribution >= 4 is 27.8 Å². The number of carbonyl (C=O) groups excluding carboxylic acids is 3. The number of nitrogens with zero attached hydrogens (tertiary/aromatic N) is 2. The highest BCUT2D eigenvalue weighted by Crippen LogP contribution is 2.09. The first-order valence-electron chi connectivity index (χ1n) is 10.0. The third-order valence-corrected chi connectivity index (χ3v) is 6.32. The summed E-state index contributed by atoms with van der Waals surface area (Å²) in [6, 6.07) is 11.1. The summed E-state index contributed by atoms with van der Waals surface area (Å²) in [5.74, 6) is -1.70. The minimum atomic E-state index is -3.31. The number of furan rings is 1. The highest BCUT2D eigenvalue weighted by Gasteiger charge is 2.28. The van der Waals surface area contributed by atoms with Crippen LogP contribution in [0.25, 0.3) is 0 Å². The van der Waals surface area contributed by atoms with Crippen molar-refractivity contribution in [1.82, 2.24) is 14.5 Å². The molecule has 1 fully saturated rings. The van der Waals surface area contributed by atoms with E-state index in [1.54, 1.807) is 6.07 Å². The standard InChI is InChI=1S/C21H25N3O7S/c1-32(28,29)24-11-9-23(10-12-24)19(25)15-31-21(27)17(14-16-6-3-2-4-7-16)22-20(26)18-8-5-13-30-18/h2-8,13,17H,9-12,14-15H2,1H3,(H,22,26)/t17-/m0/s1. The first-order valence-corrected chi connectivity index (χ1v) is 11.9. The number of rotatable bonds is 8. The summed E-state index contributed by atoms with van der Waals surface area (Å²) >= 11 is 0. The normalized spacial score (nSPS) is 15.7. The summed E-state index contributed by atoms with van der Waals surface area (Å²) in [5.41, 5.74) is 0.803. The molecule has 1 N–H and O–H groups in total. The zero-order chi connectivity index (χ0) is 23.1. The quantitative estimate of drug-likeness (QED) is 0.557. The van der Waals surface area contributed by atoms with Crippen LogP contribution in [0, 0.1) is 0 Å². The van der Waals surface area contributed by atoms with E-state index in [4.69, 9.17) is 9.15 Å². The molecule has 0 bridgehead atoms. The average Bonchev–Trinajstić information content (AvgIpc) is 3.32. The van der Waals surface area contributed by atoms with Gasteiger partial charge in [0.2, 0.25) is 10.0 Å². The molecule has 172 valence electrons. The maximum atomic E-state index is 12.7.